The van der Waals surface area contributed by atoms with Crippen LogP contribution in [0, 0.1) is 29.1 Å². The molecule has 0 aromatic carbocycles. The van der Waals surface area contributed by atoms with E-state index in [1.54, 1.807) is 28.6 Å². The number of carbonyl (C=O) groups excluding carboxylic acids is 2. The van der Waals surface area contributed by atoms with Crippen molar-refractivity contribution in [3.05, 3.63) is 35.8 Å². The van der Waals surface area contributed by atoms with Crippen LogP contribution in [0.25, 0.3) is 5.65 Å². The highest BCUT2D eigenvalue weighted by Gasteiger charge is 2.53. The smallest absolute Gasteiger partial charge is 0.273 e. The van der Waals surface area contributed by atoms with E-state index in [0.717, 1.165) is 5.92 Å². The van der Waals surface area contributed by atoms with Crippen molar-refractivity contribution in [2.24, 2.45) is 29.1 Å². The Bertz CT molecular complexity index is 959. The van der Waals surface area contributed by atoms with E-state index >= 15 is 0 Å². The van der Waals surface area contributed by atoms with E-state index in [1.165, 1.54) is 19.3 Å². The molecule has 0 aliphatic heterocycles. The van der Waals surface area contributed by atoms with Crippen molar-refractivity contribution in [1.29, 1.82) is 0 Å². The molecule has 162 valence electrons. The zero-order chi connectivity index (χ0) is 21.6. The Labute approximate surface area is 179 Å². The average Bonchev–Trinajstić information content (AvgIpc) is 3.15. The van der Waals surface area contributed by atoms with Gasteiger partial charge in [-0.2, -0.15) is 0 Å². The molecule has 3 aliphatic carbocycles. The van der Waals surface area contributed by atoms with Crippen molar-refractivity contribution in [3.8, 4) is 0 Å². The van der Waals surface area contributed by atoms with Crippen LogP contribution in [0.2, 0.25) is 0 Å². The standard InChI is InChI=1S/C24H34N4O2/c1-15(2)13-27(5)23(30)19-14-28-20(7-6-8-21(28)26-19)22(29)25-12-16-9-10-17-11-18(16)24(17,3)4/h6-8,14-18H,9-13H2,1-5H3,(H,25,29)/t16-,17-,18-/m0/s1. The second kappa shape index (κ2) is 7.71. The van der Waals surface area contributed by atoms with Gasteiger partial charge in [0.15, 0.2) is 0 Å². The fourth-order valence-corrected chi connectivity index (χ4v) is 5.65. The summed E-state index contributed by atoms with van der Waals surface area (Å²) in [7, 11) is 1.79. The van der Waals surface area contributed by atoms with E-state index in [4.69, 9.17) is 0 Å². The van der Waals surface area contributed by atoms with Gasteiger partial charge in [-0.15, -0.1) is 0 Å². The predicted molar refractivity (Wildman–Crippen MR) is 117 cm³/mol. The number of amides is 2. The first-order chi connectivity index (χ1) is 14.2. The predicted octanol–water partition coefficient (Wildman–Crippen LogP) is 3.86. The molecule has 6 heteroatoms. The quantitative estimate of drug-likeness (QED) is 0.786. The molecule has 3 fully saturated rings. The van der Waals surface area contributed by atoms with Crippen LogP contribution in [0.5, 0.6) is 0 Å². The lowest BCUT2D eigenvalue weighted by Crippen LogP contribution is -2.54. The summed E-state index contributed by atoms with van der Waals surface area (Å²) in [6, 6.07) is 5.44. The van der Waals surface area contributed by atoms with Gasteiger partial charge in [0.25, 0.3) is 11.8 Å². The number of hydrogen-bond donors (Lipinski definition) is 1. The van der Waals surface area contributed by atoms with Gasteiger partial charge in [-0.05, 0) is 60.5 Å². The van der Waals surface area contributed by atoms with Crippen LogP contribution < -0.4 is 5.32 Å². The summed E-state index contributed by atoms with van der Waals surface area (Å²) >= 11 is 0. The molecule has 5 rings (SSSR count). The van der Waals surface area contributed by atoms with Gasteiger partial charge in [0, 0.05) is 26.3 Å². The molecular formula is C24H34N4O2. The fourth-order valence-electron chi connectivity index (χ4n) is 5.65. The molecule has 0 radical (unpaired) electrons. The fraction of sp³-hybridized carbons (Fsp3) is 0.625. The second-order valence-corrected chi connectivity index (χ2v) is 10.3. The molecule has 2 amide bonds. The van der Waals surface area contributed by atoms with Crippen LogP contribution in [0.4, 0.5) is 0 Å². The van der Waals surface area contributed by atoms with E-state index in [0.29, 0.717) is 53.3 Å². The monoisotopic (exact) mass is 410 g/mol. The number of rotatable bonds is 6. The van der Waals surface area contributed by atoms with Crippen LogP contribution in [-0.2, 0) is 0 Å². The normalized spacial score (nSPS) is 24.5. The molecule has 2 bridgehead atoms. The summed E-state index contributed by atoms with van der Waals surface area (Å²) in [6.07, 6.45) is 5.47. The lowest BCUT2D eigenvalue weighted by Gasteiger charge is -2.60. The maximum atomic E-state index is 13.0. The lowest BCUT2D eigenvalue weighted by atomic mass is 9.45. The zero-order valence-corrected chi connectivity index (χ0v) is 18.8. The highest BCUT2D eigenvalue weighted by Crippen LogP contribution is 2.61. The first kappa shape index (κ1) is 20.9. The minimum absolute atomic E-state index is 0.105. The van der Waals surface area contributed by atoms with Crippen LogP contribution in [0.15, 0.2) is 24.4 Å². The number of carbonyl (C=O) groups is 2. The molecule has 30 heavy (non-hydrogen) atoms. The third kappa shape index (κ3) is 3.61. The minimum Gasteiger partial charge on any atom is -0.350 e. The number of pyridine rings is 1. The largest absolute Gasteiger partial charge is 0.350 e. The van der Waals surface area contributed by atoms with Gasteiger partial charge in [0.2, 0.25) is 0 Å². The Kier molecular flexibility index (Phi) is 5.37. The second-order valence-electron chi connectivity index (χ2n) is 10.3. The van der Waals surface area contributed by atoms with E-state index < -0.39 is 0 Å². The molecule has 2 aromatic rings. The van der Waals surface area contributed by atoms with E-state index in [1.807, 2.05) is 12.1 Å². The third-order valence-corrected chi connectivity index (χ3v) is 7.46. The van der Waals surface area contributed by atoms with Gasteiger partial charge in [0.1, 0.15) is 17.0 Å². The number of hydrogen-bond acceptors (Lipinski definition) is 3. The Morgan fingerprint density at radius 3 is 2.73 bits per heavy atom. The van der Waals surface area contributed by atoms with Crippen molar-refractivity contribution in [3.63, 3.8) is 0 Å². The summed E-state index contributed by atoms with van der Waals surface area (Å²) in [6.45, 7) is 10.3. The molecule has 2 aromatic heterocycles. The minimum atomic E-state index is -0.122. The van der Waals surface area contributed by atoms with Crippen molar-refractivity contribution in [2.75, 3.05) is 20.1 Å². The molecule has 3 aliphatic rings. The van der Waals surface area contributed by atoms with Gasteiger partial charge in [-0.1, -0.05) is 33.8 Å². The van der Waals surface area contributed by atoms with Crippen LogP contribution in [-0.4, -0.2) is 46.2 Å². The van der Waals surface area contributed by atoms with E-state index in [-0.39, 0.29) is 11.8 Å². The van der Waals surface area contributed by atoms with Crippen molar-refractivity contribution in [1.82, 2.24) is 19.6 Å². The van der Waals surface area contributed by atoms with Gasteiger partial charge >= 0.3 is 0 Å². The Morgan fingerprint density at radius 1 is 1.30 bits per heavy atom. The number of imidazole rings is 1. The van der Waals surface area contributed by atoms with Gasteiger partial charge < -0.3 is 10.2 Å². The van der Waals surface area contributed by atoms with Gasteiger partial charge in [-0.25, -0.2) is 4.98 Å². The van der Waals surface area contributed by atoms with Crippen molar-refractivity contribution in [2.45, 2.75) is 47.0 Å². The summed E-state index contributed by atoms with van der Waals surface area (Å²) in [5, 5.41) is 3.16. The van der Waals surface area contributed by atoms with Crippen LogP contribution in [0.1, 0.15) is 67.9 Å². The summed E-state index contributed by atoms with van der Waals surface area (Å²) in [4.78, 5) is 31.8. The molecule has 1 N–H and O–H groups in total. The highest BCUT2D eigenvalue weighted by atomic mass is 16.2. The number of nitrogens with one attached hydrogen (secondary N) is 1. The molecule has 6 nitrogen and oxygen atoms in total. The molecule has 0 spiro atoms. The zero-order valence-electron chi connectivity index (χ0n) is 18.8. The third-order valence-electron chi connectivity index (χ3n) is 7.46. The summed E-state index contributed by atoms with van der Waals surface area (Å²) < 4.78 is 1.73. The van der Waals surface area contributed by atoms with E-state index in [9.17, 15) is 9.59 Å². The van der Waals surface area contributed by atoms with Crippen LogP contribution in [0.3, 0.4) is 0 Å². The maximum absolute atomic E-state index is 13.0. The van der Waals surface area contributed by atoms with Gasteiger partial charge in [0.05, 0.1) is 0 Å². The molecule has 3 saturated carbocycles. The molecule has 0 unspecified atom stereocenters. The van der Waals surface area contributed by atoms with Gasteiger partial charge in [-0.3, -0.25) is 14.0 Å². The first-order valence-corrected chi connectivity index (χ1v) is 11.2. The Balaban J connectivity index is 1.48. The molecule has 0 saturated heterocycles. The summed E-state index contributed by atoms with van der Waals surface area (Å²) in [5.41, 5.74) is 1.92. The Hall–Kier alpha value is -2.37. The SMILES string of the molecule is CC(C)CN(C)C(=O)c1cn2c(C(=O)NC[C@@H]3CC[C@H]4C[C@@H]3C4(C)C)cccc2n1. The Morgan fingerprint density at radius 2 is 2.07 bits per heavy atom. The van der Waals surface area contributed by atoms with E-state index in [2.05, 4.69) is 38.0 Å². The average molecular weight is 411 g/mol. The molecule has 2 heterocycles. The number of nitrogens with zero attached hydrogens (tertiary/aromatic N) is 3. The molecule has 3 atom stereocenters. The number of aromatic nitrogens is 2. The van der Waals surface area contributed by atoms with Crippen LogP contribution >= 0.6 is 0 Å². The summed E-state index contributed by atoms with van der Waals surface area (Å²) in [5.74, 6) is 2.28. The molecular weight excluding hydrogens is 376 g/mol. The highest BCUT2D eigenvalue weighted by molar-refractivity contribution is 5.95. The topological polar surface area (TPSA) is 66.7 Å². The van der Waals surface area contributed by atoms with Crippen molar-refractivity contribution < 1.29 is 9.59 Å². The lowest BCUT2D eigenvalue weighted by molar-refractivity contribution is -0.103. The number of fused-ring (bicyclic) bond motifs is 3. The maximum Gasteiger partial charge on any atom is 0.273 e. The van der Waals surface area contributed by atoms with Crippen molar-refractivity contribution >= 4 is 17.5 Å². The first-order valence-electron chi connectivity index (χ1n) is 11.2.